The average molecular weight is 762 g/mol. The van der Waals surface area contributed by atoms with E-state index in [4.69, 9.17) is 9.47 Å². The Hall–Kier alpha value is -1.95. The number of fused-ring (bicyclic) bond motifs is 1. The Kier molecular flexibility index (Phi) is 27.6. The second kappa shape index (κ2) is 32.1. The number of nitrogens with one attached hydrogen (secondary N) is 1. The fourth-order valence-electron chi connectivity index (χ4n) is 8.50. The molecule has 0 spiro atoms. The summed E-state index contributed by atoms with van der Waals surface area (Å²) in [5.74, 6) is -0.349. The number of imidazole rings is 1. The Morgan fingerprint density at radius 2 is 1.02 bits per heavy atom. The third-order valence-corrected chi connectivity index (χ3v) is 12.1. The fourth-order valence-corrected chi connectivity index (χ4v) is 8.50. The molecule has 1 aromatic rings. The summed E-state index contributed by atoms with van der Waals surface area (Å²) in [6.07, 6.45) is 62.3. The molecule has 1 aliphatic heterocycles. The van der Waals surface area contributed by atoms with Crippen molar-refractivity contribution < 1.29 is 9.47 Å². The first-order chi connectivity index (χ1) is 27.2. The predicted molar refractivity (Wildman–Crippen MR) is 238 cm³/mol. The van der Waals surface area contributed by atoms with Crippen molar-refractivity contribution in [2.75, 3.05) is 13.6 Å². The molecule has 314 valence electrons. The van der Waals surface area contributed by atoms with E-state index >= 15 is 0 Å². The van der Waals surface area contributed by atoms with Gasteiger partial charge >= 0.3 is 0 Å². The summed E-state index contributed by atoms with van der Waals surface area (Å²) in [4.78, 5) is 9.95. The summed E-state index contributed by atoms with van der Waals surface area (Å²) in [6.45, 7) is 5.60. The van der Waals surface area contributed by atoms with Gasteiger partial charge in [0.15, 0.2) is 5.79 Å². The highest BCUT2D eigenvalue weighted by Crippen LogP contribution is 2.44. The molecule has 1 saturated heterocycles. The third-order valence-electron chi connectivity index (χ3n) is 12.1. The van der Waals surface area contributed by atoms with Crippen LogP contribution < -0.4 is 0 Å². The average Bonchev–Trinajstić information content (AvgIpc) is 3.93. The zero-order valence-corrected chi connectivity index (χ0v) is 36.3. The lowest BCUT2D eigenvalue weighted by Gasteiger charge is -2.32. The molecule has 0 amide bonds. The van der Waals surface area contributed by atoms with E-state index in [1.54, 1.807) is 6.33 Å². The number of aromatic nitrogens is 2. The lowest BCUT2D eigenvalue weighted by molar-refractivity contribution is -0.193. The maximum Gasteiger partial charge on any atom is 0.169 e. The second-order valence-corrected chi connectivity index (χ2v) is 17.0. The molecular formula is C50H87N3O2. The molecule has 4 atom stereocenters. The highest BCUT2D eigenvalue weighted by molar-refractivity contribution is 4.99. The van der Waals surface area contributed by atoms with Crippen molar-refractivity contribution in [1.82, 2.24) is 14.9 Å². The van der Waals surface area contributed by atoms with Gasteiger partial charge < -0.3 is 19.4 Å². The third kappa shape index (κ3) is 22.5. The lowest BCUT2D eigenvalue weighted by Crippen LogP contribution is -2.36. The highest BCUT2D eigenvalue weighted by Gasteiger charge is 2.51. The number of ether oxygens (including phenoxy) is 2. The van der Waals surface area contributed by atoms with E-state index in [9.17, 15) is 0 Å². The smallest absolute Gasteiger partial charge is 0.169 e. The molecule has 0 radical (unpaired) electrons. The zero-order valence-electron chi connectivity index (χ0n) is 36.3. The van der Waals surface area contributed by atoms with Crippen LogP contribution in [0.15, 0.2) is 61.1 Å². The lowest BCUT2D eigenvalue weighted by atomic mass is 9.98. The van der Waals surface area contributed by atoms with Crippen LogP contribution >= 0.6 is 0 Å². The van der Waals surface area contributed by atoms with E-state index < -0.39 is 0 Å². The Morgan fingerprint density at radius 3 is 1.47 bits per heavy atom. The molecule has 5 nitrogen and oxygen atoms in total. The van der Waals surface area contributed by atoms with E-state index in [0.717, 1.165) is 51.5 Å². The Morgan fingerprint density at radius 1 is 0.600 bits per heavy atom. The Labute approximate surface area is 340 Å². The fraction of sp³-hybridized carbons (Fsp3) is 0.780. The van der Waals surface area contributed by atoms with Crippen LogP contribution in [0.1, 0.15) is 212 Å². The predicted octanol–water partition coefficient (Wildman–Crippen LogP) is 14.7. The second-order valence-electron chi connectivity index (χ2n) is 17.0. The number of nitrogens with zero attached hydrogens (tertiary/aromatic N) is 2. The maximum absolute atomic E-state index is 6.97. The van der Waals surface area contributed by atoms with Crippen molar-refractivity contribution in [3.8, 4) is 0 Å². The van der Waals surface area contributed by atoms with Crippen LogP contribution in [-0.4, -0.2) is 52.5 Å². The molecule has 1 saturated carbocycles. The zero-order chi connectivity index (χ0) is 38.9. The van der Waals surface area contributed by atoms with E-state index in [-0.39, 0.29) is 18.0 Å². The van der Waals surface area contributed by atoms with Gasteiger partial charge in [-0.25, -0.2) is 4.98 Å². The molecule has 2 heterocycles. The first-order valence-corrected chi connectivity index (χ1v) is 23.8. The molecule has 3 rings (SSSR count). The molecule has 1 N–H and O–H groups in total. The van der Waals surface area contributed by atoms with Crippen LogP contribution in [0.2, 0.25) is 0 Å². The number of rotatable bonds is 36. The van der Waals surface area contributed by atoms with Crippen molar-refractivity contribution >= 4 is 0 Å². The van der Waals surface area contributed by atoms with Gasteiger partial charge in [0, 0.05) is 43.7 Å². The van der Waals surface area contributed by atoms with Gasteiger partial charge in [-0.15, -0.1) is 0 Å². The summed E-state index contributed by atoms with van der Waals surface area (Å²) >= 11 is 0. The summed E-state index contributed by atoms with van der Waals surface area (Å²) < 4.78 is 13.9. The number of likely N-dealkylation sites (N-methyl/N-ethyl adjacent to an activating group) is 1. The number of aromatic amines is 1. The number of unbranched alkanes of at least 4 members (excludes halogenated alkanes) is 20. The largest absolute Gasteiger partial charge is 0.348 e. The monoisotopic (exact) mass is 762 g/mol. The summed E-state index contributed by atoms with van der Waals surface area (Å²) in [5.41, 5.74) is 1.21. The topological polar surface area (TPSA) is 50.4 Å². The van der Waals surface area contributed by atoms with Gasteiger partial charge in [0.05, 0.1) is 18.5 Å². The summed E-state index contributed by atoms with van der Waals surface area (Å²) in [5, 5.41) is 0. The Bertz CT molecular complexity index is 1110. The van der Waals surface area contributed by atoms with Gasteiger partial charge in [-0.3, -0.25) is 0 Å². The summed E-state index contributed by atoms with van der Waals surface area (Å²) in [6, 6.07) is 0.536. The molecule has 0 bridgehead atoms. The molecule has 1 aliphatic carbocycles. The normalized spacial score (nSPS) is 21.6. The maximum atomic E-state index is 6.97. The van der Waals surface area contributed by atoms with Crippen LogP contribution in [0.3, 0.4) is 0 Å². The molecule has 0 aromatic carbocycles. The van der Waals surface area contributed by atoms with Gasteiger partial charge in [-0.1, -0.05) is 152 Å². The molecule has 55 heavy (non-hydrogen) atoms. The SMILES string of the molecule is CCCCC/C=C\C/C=C\CCCCCCCCC1(CCCCCCCC/C=C\C/C=C\CCCCCCC)O[C@H]2CC(N(C)CCc3cnc[nH]3)C[C@H]2O1. The molecule has 2 unspecified atom stereocenters. The van der Waals surface area contributed by atoms with Crippen molar-refractivity contribution in [3.63, 3.8) is 0 Å². The Balaban J connectivity index is 1.28. The minimum absolute atomic E-state index is 0.253. The van der Waals surface area contributed by atoms with E-state index in [1.165, 1.54) is 160 Å². The van der Waals surface area contributed by atoms with E-state index in [1.807, 2.05) is 6.20 Å². The number of H-pyrrole nitrogens is 1. The van der Waals surface area contributed by atoms with Crippen LogP contribution in [0.4, 0.5) is 0 Å². The quantitative estimate of drug-likeness (QED) is 0.0546. The molecule has 2 aliphatic rings. The first kappa shape index (κ1) is 47.4. The van der Waals surface area contributed by atoms with Gasteiger partial charge in [-0.05, 0) is 96.9 Å². The van der Waals surface area contributed by atoms with Gasteiger partial charge in [0.1, 0.15) is 0 Å². The van der Waals surface area contributed by atoms with Gasteiger partial charge in [0.25, 0.3) is 0 Å². The van der Waals surface area contributed by atoms with Crippen LogP contribution in [0.25, 0.3) is 0 Å². The van der Waals surface area contributed by atoms with Crippen molar-refractivity contribution in [3.05, 3.63) is 66.8 Å². The minimum Gasteiger partial charge on any atom is -0.348 e. The summed E-state index contributed by atoms with van der Waals surface area (Å²) in [7, 11) is 2.27. The highest BCUT2D eigenvalue weighted by atomic mass is 16.8. The molecule has 5 heteroatoms. The van der Waals surface area contributed by atoms with Crippen LogP contribution in [0.5, 0.6) is 0 Å². The van der Waals surface area contributed by atoms with Crippen molar-refractivity contribution in [1.29, 1.82) is 0 Å². The van der Waals surface area contributed by atoms with Crippen LogP contribution in [-0.2, 0) is 15.9 Å². The van der Waals surface area contributed by atoms with Crippen molar-refractivity contribution in [2.24, 2.45) is 0 Å². The van der Waals surface area contributed by atoms with Crippen LogP contribution in [0, 0.1) is 0 Å². The van der Waals surface area contributed by atoms with Crippen molar-refractivity contribution in [2.45, 2.75) is 237 Å². The van der Waals surface area contributed by atoms with E-state index in [0.29, 0.717) is 6.04 Å². The molecule has 1 aromatic heterocycles. The molecular weight excluding hydrogens is 675 g/mol. The van der Waals surface area contributed by atoms with Gasteiger partial charge in [-0.2, -0.15) is 0 Å². The number of hydrogen-bond acceptors (Lipinski definition) is 4. The standard InChI is InChI=1S/C50H87N3O2/c1-4-6-8-10-12-14-16-18-20-22-23-25-27-29-31-33-35-37-40-50(39-36-34-32-30-28-26-24-21-19-17-15-13-11-9-7-5-2)54-48-42-47(43-49(48)55-50)53(3)41-38-46-44-51-45-52-46/h13,15-16,18-19,21-23,44-45,47-49H,4-12,14,17,20,24-43H2,1-3H3,(H,51,52)/b15-13-,18-16-,21-19-,23-22-/t47?,48-,49+,50?. The minimum atomic E-state index is -0.349. The number of allylic oxidation sites excluding steroid dienone is 8. The number of hydrogen-bond donors (Lipinski definition) is 1. The molecule has 2 fully saturated rings. The van der Waals surface area contributed by atoms with Gasteiger partial charge in [0.2, 0.25) is 0 Å². The van der Waals surface area contributed by atoms with E-state index in [2.05, 4.69) is 84.4 Å². The first-order valence-electron chi connectivity index (χ1n) is 23.8.